The van der Waals surface area contributed by atoms with Crippen LogP contribution in [-0.4, -0.2) is 22.3 Å². The van der Waals surface area contributed by atoms with Crippen LogP contribution in [0.5, 0.6) is 5.75 Å². The standard InChI is InChI=1S/C28H29N3O/c1-2-3-4-5-6-7-18-32-21-14-12-20(13-15-21)25-19-24-22-10-8-16-29-27(22)28-23(26(24)31-25)11-9-17-30-28/h8-17H,2-7,18-19H2,1H3. The first-order chi connectivity index (χ1) is 15.8. The lowest BCUT2D eigenvalue weighted by atomic mass is 9.98. The molecule has 0 fully saturated rings. The smallest absolute Gasteiger partial charge is 0.119 e. The van der Waals surface area contributed by atoms with E-state index in [9.17, 15) is 0 Å². The molecule has 0 saturated heterocycles. The summed E-state index contributed by atoms with van der Waals surface area (Å²) in [7, 11) is 0. The number of aromatic nitrogens is 2. The summed E-state index contributed by atoms with van der Waals surface area (Å²) in [6, 6.07) is 16.6. The van der Waals surface area contributed by atoms with E-state index in [0.717, 1.165) is 64.0 Å². The molecule has 162 valence electrons. The maximum Gasteiger partial charge on any atom is 0.119 e. The zero-order valence-electron chi connectivity index (χ0n) is 18.7. The molecule has 2 aromatic heterocycles. The van der Waals surface area contributed by atoms with Gasteiger partial charge in [0, 0.05) is 29.6 Å². The van der Waals surface area contributed by atoms with Gasteiger partial charge in [0.25, 0.3) is 0 Å². The minimum absolute atomic E-state index is 0.788. The van der Waals surface area contributed by atoms with Gasteiger partial charge >= 0.3 is 0 Å². The van der Waals surface area contributed by atoms with Gasteiger partial charge in [-0.25, -0.2) is 0 Å². The molecule has 5 rings (SSSR count). The van der Waals surface area contributed by atoms with E-state index < -0.39 is 0 Å². The van der Waals surface area contributed by atoms with Crippen molar-refractivity contribution in [1.29, 1.82) is 0 Å². The summed E-state index contributed by atoms with van der Waals surface area (Å²) in [6.07, 6.45) is 12.1. The predicted molar refractivity (Wildman–Crippen MR) is 132 cm³/mol. The van der Waals surface area contributed by atoms with Crippen molar-refractivity contribution in [2.45, 2.75) is 51.9 Å². The number of unbranched alkanes of at least 4 members (excludes halogenated alkanes) is 5. The maximum absolute atomic E-state index is 5.95. The van der Waals surface area contributed by atoms with Crippen molar-refractivity contribution in [1.82, 2.24) is 9.97 Å². The molecule has 0 N–H and O–H groups in total. The third-order valence-electron chi connectivity index (χ3n) is 6.25. The number of hydrogen-bond donors (Lipinski definition) is 0. The van der Waals surface area contributed by atoms with Crippen molar-refractivity contribution < 1.29 is 4.74 Å². The fourth-order valence-electron chi connectivity index (χ4n) is 4.54. The molecule has 4 aromatic rings. The van der Waals surface area contributed by atoms with Gasteiger partial charge in [0.2, 0.25) is 0 Å². The largest absolute Gasteiger partial charge is 0.494 e. The first kappa shape index (κ1) is 20.6. The van der Waals surface area contributed by atoms with Crippen molar-refractivity contribution in [2.75, 3.05) is 6.61 Å². The van der Waals surface area contributed by atoms with Crippen LogP contribution in [0.4, 0.5) is 5.69 Å². The molecule has 0 amide bonds. The van der Waals surface area contributed by atoms with E-state index in [0.29, 0.717) is 0 Å². The Kier molecular flexibility index (Phi) is 6.11. The second-order valence-electron chi connectivity index (χ2n) is 8.50. The topological polar surface area (TPSA) is 47.4 Å². The van der Waals surface area contributed by atoms with E-state index >= 15 is 0 Å². The van der Waals surface area contributed by atoms with E-state index in [4.69, 9.17) is 9.73 Å². The Labute approximate surface area is 189 Å². The lowest BCUT2D eigenvalue weighted by molar-refractivity contribution is 0.304. The van der Waals surface area contributed by atoms with Gasteiger partial charge in [-0.05, 0) is 60.0 Å². The van der Waals surface area contributed by atoms with Gasteiger partial charge in [-0.2, -0.15) is 0 Å². The molecular weight excluding hydrogens is 394 g/mol. The van der Waals surface area contributed by atoms with Crippen LogP contribution in [0.15, 0.2) is 65.9 Å². The Bertz CT molecular complexity index is 1260. The summed E-state index contributed by atoms with van der Waals surface area (Å²) < 4.78 is 5.95. The molecular formula is C28H29N3O. The minimum atomic E-state index is 0.788. The number of rotatable bonds is 9. The van der Waals surface area contributed by atoms with Crippen LogP contribution in [0, 0.1) is 0 Å². The number of pyridine rings is 2. The Balaban J connectivity index is 1.32. The van der Waals surface area contributed by atoms with Gasteiger partial charge in [-0.3, -0.25) is 15.0 Å². The minimum Gasteiger partial charge on any atom is -0.494 e. The fraction of sp³-hybridized carbons (Fsp3) is 0.321. The van der Waals surface area contributed by atoms with Gasteiger partial charge in [-0.1, -0.05) is 45.1 Å². The van der Waals surface area contributed by atoms with E-state index in [-0.39, 0.29) is 0 Å². The highest BCUT2D eigenvalue weighted by atomic mass is 16.5. The third kappa shape index (κ3) is 4.10. The summed E-state index contributed by atoms with van der Waals surface area (Å²) in [5.41, 5.74) is 6.38. The number of benzene rings is 2. The zero-order valence-corrected chi connectivity index (χ0v) is 18.7. The number of nitrogens with zero attached hydrogens (tertiary/aromatic N) is 3. The average Bonchev–Trinajstić information content (AvgIpc) is 3.30. The Hall–Kier alpha value is -3.27. The highest BCUT2D eigenvalue weighted by molar-refractivity contribution is 6.18. The highest BCUT2D eigenvalue weighted by Crippen LogP contribution is 2.41. The quantitative estimate of drug-likeness (QED) is 0.211. The number of ether oxygens (including phenoxy) is 1. The van der Waals surface area contributed by atoms with Gasteiger partial charge in [-0.15, -0.1) is 0 Å². The molecule has 0 atom stereocenters. The van der Waals surface area contributed by atoms with Gasteiger partial charge in [0.05, 0.1) is 29.0 Å². The molecule has 0 radical (unpaired) electrons. The van der Waals surface area contributed by atoms with Crippen LogP contribution >= 0.6 is 0 Å². The first-order valence-corrected chi connectivity index (χ1v) is 11.8. The molecule has 0 spiro atoms. The molecule has 0 bridgehead atoms. The molecule has 0 unspecified atom stereocenters. The lowest BCUT2D eigenvalue weighted by Gasteiger charge is -2.08. The SMILES string of the molecule is CCCCCCCCOc1ccc(C2=Nc3c(c4cccnc4c4ncccc34)C2)cc1. The van der Waals surface area contributed by atoms with E-state index in [1.54, 1.807) is 0 Å². The molecule has 2 aromatic carbocycles. The monoisotopic (exact) mass is 423 g/mol. The second kappa shape index (κ2) is 9.47. The predicted octanol–water partition coefficient (Wildman–Crippen LogP) is 7.20. The van der Waals surface area contributed by atoms with E-state index in [1.165, 1.54) is 37.7 Å². The van der Waals surface area contributed by atoms with Crippen molar-refractivity contribution in [3.8, 4) is 5.75 Å². The highest BCUT2D eigenvalue weighted by Gasteiger charge is 2.23. The van der Waals surface area contributed by atoms with Crippen molar-refractivity contribution >= 4 is 33.2 Å². The molecule has 3 heterocycles. The van der Waals surface area contributed by atoms with Crippen LogP contribution in [0.25, 0.3) is 21.8 Å². The normalized spacial score (nSPS) is 12.8. The number of hydrogen-bond acceptors (Lipinski definition) is 4. The summed E-state index contributed by atoms with van der Waals surface area (Å²) in [5, 5.41) is 2.22. The molecule has 32 heavy (non-hydrogen) atoms. The summed E-state index contributed by atoms with van der Waals surface area (Å²) in [6.45, 7) is 3.04. The van der Waals surface area contributed by atoms with Crippen LogP contribution in [-0.2, 0) is 6.42 Å². The lowest BCUT2D eigenvalue weighted by Crippen LogP contribution is -2.02. The summed E-state index contributed by atoms with van der Waals surface area (Å²) >= 11 is 0. The molecule has 1 aliphatic rings. The number of aliphatic imine (C=N–C) groups is 1. The zero-order chi connectivity index (χ0) is 21.8. The third-order valence-corrected chi connectivity index (χ3v) is 6.25. The van der Waals surface area contributed by atoms with Gasteiger partial charge in [0.1, 0.15) is 5.75 Å². The van der Waals surface area contributed by atoms with Crippen molar-refractivity contribution in [3.63, 3.8) is 0 Å². The Morgan fingerprint density at radius 1 is 0.781 bits per heavy atom. The molecule has 0 aliphatic carbocycles. The first-order valence-electron chi connectivity index (χ1n) is 11.8. The number of fused-ring (bicyclic) bond motifs is 6. The second-order valence-corrected chi connectivity index (χ2v) is 8.50. The van der Waals surface area contributed by atoms with E-state index in [1.807, 2.05) is 24.5 Å². The average molecular weight is 424 g/mol. The van der Waals surface area contributed by atoms with Gasteiger partial charge in [0.15, 0.2) is 0 Å². The van der Waals surface area contributed by atoms with Crippen molar-refractivity contribution in [3.05, 3.63) is 72.1 Å². The molecule has 4 nitrogen and oxygen atoms in total. The Morgan fingerprint density at radius 3 is 2.25 bits per heavy atom. The summed E-state index contributed by atoms with van der Waals surface area (Å²) in [5.74, 6) is 0.933. The molecule has 1 aliphatic heterocycles. The van der Waals surface area contributed by atoms with Crippen LogP contribution in [0.2, 0.25) is 0 Å². The molecule has 0 saturated carbocycles. The molecule has 4 heteroatoms. The summed E-state index contributed by atoms with van der Waals surface area (Å²) in [4.78, 5) is 14.3. The van der Waals surface area contributed by atoms with Gasteiger partial charge < -0.3 is 4.74 Å². The fourth-order valence-corrected chi connectivity index (χ4v) is 4.54. The van der Waals surface area contributed by atoms with E-state index in [2.05, 4.69) is 53.3 Å². The Morgan fingerprint density at radius 2 is 1.47 bits per heavy atom. The van der Waals surface area contributed by atoms with Crippen LogP contribution < -0.4 is 4.74 Å². The maximum atomic E-state index is 5.95. The van der Waals surface area contributed by atoms with Crippen LogP contribution in [0.3, 0.4) is 0 Å². The van der Waals surface area contributed by atoms with Crippen LogP contribution in [0.1, 0.15) is 56.6 Å². The van der Waals surface area contributed by atoms with Crippen molar-refractivity contribution in [2.24, 2.45) is 4.99 Å².